The molecule has 1 aliphatic heterocycles. The fourth-order valence-electron chi connectivity index (χ4n) is 3.81. The molecule has 0 atom stereocenters. The number of nitrogens with zero attached hydrogens (tertiary/aromatic N) is 6. The number of piperazine rings is 1. The number of hydrogen-bond acceptors (Lipinski definition) is 6. The van der Waals surface area contributed by atoms with Gasteiger partial charge in [-0.3, -0.25) is 9.69 Å². The lowest BCUT2D eigenvalue weighted by molar-refractivity contribution is -0.137. The van der Waals surface area contributed by atoms with Gasteiger partial charge in [0.1, 0.15) is 12.1 Å². The first-order valence-corrected chi connectivity index (χ1v) is 11.0. The van der Waals surface area contributed by atoms with Gasteiger partial charge in [-0.15, -0.1) is 0 Å². The normalized spacial score (nSPS) is 15.2. The highest BCUT2D eigenvalue weighted by Gasteiger charge is 2.33. The van der Waals surface area contributed by atoms with Crippen molar-refractivity contribution in [3.8, 4) is 0 Å². The van der Waals surface area contributed by atoms with Crippen LogP contribution in [0.2, 0.25) is 5.02 Å². The average Bonchev–Trinajstić information content (AvgIpc) is 3.23. The van der Waals surface area contributed by atoms with Gasteiger partial charge in [0.15, 0.2) is 0 Å². The molecule has 1 fully saturated rings. The summed E-state index contributed by atoms with van der Waals surface area (Å²) in [6.07, 6.45) is -1.30. The summed E-state index contributed by atoms with van der Waals surface area (Å²) in [6.45, 7) is 4.72. The van der Waals surface area contributed by atoms with E-state index in [-0.39, 0.29) is 18.1 Å². The van der Waals surface area contributed by atoms with Crippen LogP contribution in [0.1, 0.15) is 24.6 Å². The van der Waals surface area contributed by atoms with Crippen molar-refractivity contribution in [1.82, 2.24) is 24.5 Å². The fraction of sp³-hybridized carbons (Fsp3) is 0.429. The summed E-state index contributed by atoms with van der Waals surface area (Å²) >= 11 is 5.63. The molecule has 33 heavy (non-hydrogen) atoms. The van der Waals surface area contributed by atoms with E-state index < -0.39 is 16.8 Å². The fourth-order valence-corrected chi connectivity index (χ4v) is 4.04. The van der Waals surface area contributed by atoms with Crippen LogP contribution in [-0.4, -0.2) is 63.1 Å². The first kappa shape index (κ1) is 23.2. The Morgan fingerprint density at radius 2 is 1.94 bits per heavy atom. The number of benzene rings is 1. The van der Waals surface area contributed by atoms with Gasteiger partial charge >= 0.3 is 6.18 Å². The third-order valence-electron chi connectivity index (χ3n) is 5.41. The predicted octanol–water partition coefficient (Wildman–Crippen LogP) is 3.51. The topological polar surface area (TPSA) is 78.7 Å². The number of nitrogens with one attached hydrogen (secondary N) is 1. The first-order valence-electron chi connectivity index (χ1n) is 10.6. The third kappa shape index (κ3) is 5.36. The Morgan fingerprint density at radius 1 is 1.18 bits per heavy atom. The van der Waals surface area contributed by atoms with E-state index in [9.17, 15) is 18.0 Å². The largest absolute Gasteiger partial charge is 0.417 e. The molecule has 12 heteroatoms. The number of carbonyl (C=O) groups excluding carboxylic acids is 1. The summed E-state index contributed by atoms with van der Waals surface area (Å²) in [4.78, 5) is 25.3. The minimum atomic E-state index is -4.59. The molecule has 1 saturated heterocycles. The van der Waals surface area contributed by atoms with E-state index in [0.29, 0.717) is 32.0 Å². The zero-order valence-corrected chi connectivity index (χ0v) is 18.7. The Kier molecular flexibility index (Phi) is 6.71. The summed E-state index contributed by atoms with van der Waals surface area (Å²) in [5.74, 6) is 1.08. The maximum Gasteiger partial charge on any atom is 0.417 e. The molecule has 0 spiro atoms. The smallest absolute Gasteiger partial charge is 0.354 e. The predicted molar refractivity (Wildman–Crippen MR) is 119 cm³/mol. The standard InChI is InChI=1S/C21H23ClF3N7O/c1-2-3-14-11-19(32-20(29-14)26-13-27-32)31-8-6-30(7-9-31)12-18(33)28-15-4-5-17(22)16(10-15)21(23,24)25/h4-5,10-11,13H,2-3,6-9,12H2,1H3,(H,28,33). The lowest BCUT2D eigenvalue weighted by Gasteiger charge is -2.35. The number of fused-ring (bicyclic) bond motifs is 1. The summed E-state index contributed by atoms with van der Waals surface area (Å²) < 4.78 is 40.8. The number of alkyl halides is 3. The van der Waals surface area contributed by atoms with Gasteiger partial charge in [-0.25, -0.2) is 4.98 Å². The monoisotopic (exact) mass is 481 g/mol. The number of halogens is 4. The Hall–Kier alpha value is -2.92. The van der Waals surface area contributed by atoms with Crippen molar-refractivity contribution in [3.05, 3.63) is 46.9 Å². The lowest BCUT2D eigenvalue weighted by Crippen LogP contribution is -2.49. The molecule has 2 aromatic heterocycles. The van der Waals surface area contributed by atoms with Crippen molar-refractivity contribution in [3.63, 3.8) is 0 Å². The van der Waals surface area contributed by atoms with Gasteiger partial charge in [0.25, 0.3) is 5.78 Å². The second-order valence-corrected chi connectivity index (χ2v) is 8.24. The summed E-state index contributed by atoms with van der Waals surface area (Å²) in [5.41, 5.74) is 0.0370. The van der Waals surface area contributed by atoms with Crippen LogP contribution in [0.4, 0.5) is 24.7 Å². The molecule has 1 aromatic carbocycles. The van der Waals surface area contributed by atoms with Crippen LogP contribution in [0.25, 0.3) is 5.78 Å². The molecule has 0 radical (unpaired) electrons. The SMILES string of the molecule is CCCc1cc(N2CCN(CC(=O)Nc3ccc(Cl)c(C(F)(F)F)c3)CC2)n2ncnc2n1. The maximum atomic E-state index is 13.0. The number of aromatic nitrogens is 4. The third-order valence-corrected chi connectivity index (χ3v) is 5.74. The Balaban J connectivity index is 1.37. The summed E-state index contributed by atoms with van der Waals surface area (Å²) in [7, 11) is 0. The minimum Gasteiger partial charge on any atom is -0.354 e. The van der Waals surface area contributed by atoms with Crippen molar-refractivity contribution in [2.75, 3.05) is 42.9 Å². The maximum absolute atomic E-state index is 13.0. The highest BCUT2D eigenvalue weighted by atomic mass is 35.5. The molecular weight excluding hydrogens is 459 g/mol. The van der Waals surface area contributed by atoms with Crippen molar-refractivity contribution in [2.24, 2.45) is 0 Å². The van der Waals surface area contributed by atoms with E-state index >= 15 is 0 Å². The summed E-state index contributed by atoms with van der Waals surface area (Å²) in [5, 5.41) is 6.40. The summed E-state index contributed by atoms with van der Waals surface area (Å²) in [6, 6.07) is 5.35. The van der Waals surface area contributed by atoms with Gasteiger partial charge in [0.2, 0.25) is 5.91 Å². The van der Waals surface area contributed by atoms with E-state index in [2.05, 4.69) is 32.2 Å². The van der Waals surface area contributed by atoms with Gasteiger partial charge < -0.3 is 10.2 Å². The molecule has 0 bridgehead atoms. The molecule has 0 aliphatic carbocycles. The number of anilines is 2. The molecule has 3 heterocycles. The molecule has 1 amide bonds. The lowest BCUT2D eigenvalue weighted by atomic mass is 10.2. The Bertz CT molecular complexity index is 1140. The van der Waals surface area contributed by atoms with Crippen LogP contribution in [-0.2, 0) is 17.4 Å². The number of amides is 1. The van der Waals surface area contributed by atoms with Crippen molar-refractivity contribution in [2.45, 2.75) is 25.9 Å². The second-order valence-electron chi connectivity index (χ2n) is 7.83. The molecule has 1 aliphatic rings. The molecule has 176 valence electrons. The van der Waals surface area contributed by atoms with Crippen molar-refractivity contribution < 1.29 is 18.0 Å². The molecule has 8 nitrogen and oxygen atoms in total. The number of carbonyl (C=O) groups is 1. The highest BCUT2D eigenvalue weighted by molar-refractivity contribution is 6.31. The van der Waals surface area contributed by atoms with Gasteiger partial charge in [-0.1, -0.05) is 24.9 Å². The van der Waals surface area contributed by atoms with E-state index in [1.54, 1.807) is 4.52 Å². The van der Waals surface area contributed by atoms with Crippen molar-refractivity contribution in [1.29, 1.82) is 0 Å². The van der Waals surface area contributed by atoms with E-state index in [1.807, 2.05) is 11.0 Å². The van der Waals surface area contributed by atoms with Gasteiger partial charge in [0, 0.05) is 43.6 Å². The van der Waals surface area contributed by atoms with Crippen LogP contribution in [0, 0.1) is 0 Å². The van der Waals surface area contributed by atoms with E-state index in [4.69, 9.17) is 11.6 Å². The molecule has 0 saturated carbocycles. The van der Waals surface area contributed by atoms with Crippen LogP contribution >= 0.6 is 11.6 Å². The first-order chi connectivity index (χ1) is 15.7. The van der Waals surface area contributed by atoms with Gasteiger partial charge in [-0.05, 0) is 24.6 Å². The molecule has 3 aromatic rings. The molecular formula is C21H23ClF3N7O. The Morgan fingerprint density at radius 3 is 2.64 bits per heavy atom. The number of hydrogen-bond donors (Lipinski definition) is 1. The molecule has 4 rings (SSSR count). The van der Waals surface area contributed by atoms with Crippen LogP contribution in [0.5, 0.6) is 0 Å². The van der Waals surface area contributed by atoms with Crippen molar-refractivity contribution >= 4 is 34.8 Å². The second kappa shape index (κ2) is 9.52. The van der Waals surface area contributed by atoms with E-state index in [1.165, 1.54) is 12.4 Å². The van der Waals surface area contributed by atoms with Crippen LogP contribution < -0.4 is 10.2 Å². The highest BCUT2D eigenvalue weighted by Crippen LogP contribution is 2.36. The van der Waals surface area contributed by atoms with E-state index in [0.717, 1.165) is 36.5 Å². The number of aryl methyl sites for hydroxylation is 1. The zero-order chi connectivity index (χ0) is 23.6. The van der Waals surface area contributed by atoms with Gasteiger partial charge in [-0.2, -0.15) is 27.8 Å². The minimum absolute atomic E-state index is 0.0594. The van der Waals surface area contributed by atoms with Crippen LogP contribution in [0.3, 0.4) is 0 Å². The zero-order valence-electron chi connectivity index (χ0n) is 17.9. The quantitative estimate of drug-likeness (QED) is 0.580. The molecule has 1 N–H and O–H groups in total. The average molecular weight is 482 g/mol. The van der Waals surface area contributed by atoms with Gasteiger partial charge in [0.05, 0.1) is 17.1 Å². The van der Waals surface area contributed by atoms with Crippen LogP contribution in [0.15, 0.2) is 30.6 Å². The molecule has 0 unspecified atom stereocenters. The number of rotatable bonds is 6. The Labute approximate surface area is 193 Å².